The molecule has 33 heavy (non-hydrogen) atoms. The third-order valence-corrected chi connectivity index (χ3v) is 6.74. The van der Waals surface area contributed by atoms with E-state index in [2.05, 4.69) is 44.2 Å². The molecule has 5 rings (SSSR count). The Morgan fingerprint density at radius 3 is 2.48 bits per heavy atom. The van der Waals surface area contributed by atoms with Crippen LogP contribution in [-0.4, -0.2) is 69.5 Å². The number of amides is 1. The highest BCUT2D eigenvalue weighted by atomic mass is 35.5. The highest BCUT2D eigenvalue weighted by Gasteiger charge is 2.34. The van der Waals surface area contributed by atoms with E-state index in [1.165, 1.54) is 5.56 Å². The van der Waals surface area contributed by atoms with Gasteiger partial charge in [-0.1, -0.05) is 47.1 Å². The number of carbonyl (C=O) groups is 1. The van der Waals surface area contributed by atoms with E-state index in [4.69, 9.17) is 16.1 Å². The van der Waals surface area contributed by atoms with Gasteiger partial charge in [0.2, 0.25) is 17.6 Å². The van der Waals surface area contributed by atoms with E-state index in [1.54, 1.807) is 0 Å². The highest BCUT2D eigenvalue weighted by Crippen LogP contribution is 2.23. The molecule has 1 aromatic heterocycles. The number of nitrogens with zero attached hydrogens (tertiary/aromatic N) is 5. The Labute approximate surface area is 198 Å². The molecule has 2 aliphatic heterocycles. The quantitative estimate of drug-likeness (QED) is 0.553. The Morgan fingerprint density at radius 1 is 0.970 bits per heavy atom. The first kappa shape index (κ1) is 22.1. The monoisotopic (exact) mass is 465 g/mol. The molecule has 2 fully saturated rings. The van der Waals surface area contributed by atoms with Gasteiger partial charge in [0.1, 0.15) is 0 Å². The molecule has 2 saturated heterocycles. The zero-order chi connectivity index (χ0) is 22.6. The summed E-state index contributed by atoms with van der Waals surface area (Å²) in [7, 11) is 0. The van der Waals surface area contributed by atoms with Crippen molar-refractivity contribution in [3.8, 4) is 11.4 Å². The summed E-state index contributed by atoms with van der Waals surface area (Å²) >= 11 is 5.95. The Bertz CT molecular complexity index is 1060. The lowest BCUT2D eigenvalue weighted by Crippen LogP contribution is -2.53. The van der Waals surface area contributed by atoms with Gasteiger partial charge in [0.05, 0.1) is 12.6 Å². The summed E-state index contributed by atoms with van der Waals surface area (Å²) in [6, 6.07) is 17.8. The third kappa shape index (κ3) is 5.27. The molecule has 7 nitrogen and oxygen atoms in total. The third-order valence-electron chi connectivity index (χ3n) is 6.49. The molecule has 3 heterocycles. The summed E-state index contributed by atoms with van der Waals surface area (Å²) in [5.41, 5.74) is 2.14. The molecule has 1 amide bonds. The molecular weight excluding hydrogens is 438 g/mol. The molecule has 0 spiro atoms. The Balaban J connectivity index is 1.13. The first-order valence-electron chi connectivity index (χ1n) is 11.5. The van der Waals surface area contributed by atoms with Gasteiger partial charge in [-0.15, -0.1) is 0 Å². The van der Waals surface area contributed by atoms with Crippen molar-refractivity contribution in [2.45, 2.75) is 32.0 Å². The summed E-state index contributed by atoms with van der Waals surface area (Å²) < 4.78 is 5.46. The topological polar surface area (TPSA) is 65.7 Å². The lowest BCUT2D eigenvalue weighted by atomic mass is 10.1. The molecule has 1 unspecified atom stereocenters. The van der Waals surface area contributed by atoms with Gasteiger partial charge in [-0.25, -0.2) is 0 Å². The van der Waals surface area contributed by atoms with Gasteiger partial charge in [-0.2, -0.15) is 4.98 Å². The van der Waals surface area contributed by atoms with Gasteiger partial charge < -0.3 is 9.42 Å². The SMILES string of the molecule is O=C(C1CCCN1Cc1ccccc1)N1CCN(Cc2nc(-c3ccc(Cl)cc3)no2)CC1. The lowest BCUT2D eigenvalue weighted by molar-refractivity contribution is -0.138. The van der Waals surface area contributed by atoms with Crippen LogP contribution in [0.1, 0.15) is 24.3 Å². The van der Waals surface area contributed by atoms with Crippen molar-refractivity contribution in [3.63, 3.8) is 0 Å². The summed E-state index contributed by atoms with van der Waals surface area (Å²) in [4.78, 5) is 24.4. The van der Waals surface area contributed by atoms with Gasteiger partial charge in [0.25, 0.3) is 0 Å². The first-order valence-corrected chi connectivity index (χ1v) is 11.9. The van der Waals surface area contributed by atoms with Crippen LogP contribution in [0.3, 0.4) is 0 Å². The summed E-state index contributed by atoms with van der Waals surface area (Å²) in [6.45, 7) is 5.47. The van der Waals surface area contributed by atoms with E-state index < -0.39 is 0 Å². The number of hydrogen-bond acceptors (Lipinski definition) is 6. The van der Waals surface area contributed by atoms with E-state index in [9.17, 15) is 4.79 Å². The smallest absolute Gasteiger partial charge is 0.241 e. The molecule has 0 aliphatic carbocycles. The van der Waals surface area contributed by atoms with Crippen LogP contribution in [0.5, 0.6) is 0 Å². The molecule has 8 heteroatoms. The maximum Gasteiger partial charge on any atom is 0.241 e. The van der Waals surface area contributed by atoms with Crippen molar-refractivity contribution in [1.82, 2.24) is 24.8 Å². The molecule has 0 radical (unpaired) electrons. The van der Waals surface area contributed by atoms with Crippen LogP contribution in [-0.2, 0) is 17.9 Å². The average molecular weight is 466 g/mol. The van der Waals surface area contributed by atoms with E-state index >= 15 is 0 Å². The second kappa shape index (κ2) is 10.0. The van der Waals surface area contributed by atoms with Crippen LogP contribution < -0.4 is 0 Å². The van der Waals surface area contributed by atoms with Crippen molar-refractivity contribution < 1.29 is 9.32 Å². The number of carbonyl (C=O) groups excluding carboxylic acids is 1. The van der Waals surface area contributed by atoms with Crippen molar-refractivity contribution in [1.29, 1.82) is 0 Å². The Kier molecular flexibility index (Phi) is 6.71. The Morgan fingerprint density at radius 2 is 1.73 bits per heavy atom. The molecule has 2 aromatic carbocycles. The van der Waals surface area contributed by atoms with Crippen molar-refractivity contribution >= 4 is 17.5 Å². The number of benzene rings is 2. The molecule has 3 aromatic rings. The molecule has 0 N–H and O–H groups in total. The van der Waals surface area contributed by atoms with Crippen LogP contribution in [0.2, 0.25) is 5.02 Å². The normalized spacial score (nSPS) is 19.8. The molecular formula is C25H28ClN5O2. The van der Waals surface area contributed by atoms with Crippen molar-refractivity contribution in [2.75, 3.05) is 32.7 Å². The number of aromatic nitrogens is 2. The fourth-order valence-corrected chi connectivity index (χ4v) is 4.80. The van der Waals surface area contributed by atoms with Gasteiger partial charge in [0.15, 0.2) is 0 Å². The van der Waals surface area contributed by atoms with Crippen LogP contribution >= 0.6 is 11.6 Å². The van der Waals surface area contributed by atoms with Gasteiger partial charge in [-0.3, -0.25) is 14.6 Å². The molecule has 0 saturated carbocycles. The van der Waals surface area contributed by atoms with Gasteiger partial charge in [-0.05, 0) is 49.2 Å². The fourth-order valence-electron chi connectivity index (χ4n) is 4.68. The van der Waals surface area contributed by atoms with E-state index in [0.717, 1.165) is 57.7 Å². The predicted molar refractivity (Wildman–Crippen MR) is 126 cm³/mol. The summed E-state index contributed by atoms with van der Waals surface area (Å²) in [6.07, 6.45) is 2.03. The van der Waals surface area contributed by atoms with E-state index in [1.807, 2.05) is 35.2 Å². The molecule has 2 aliphatic rings. The maximum atomic E-state index is 13.3. The minimum atomic E-state index is -0.00497. The number of halogens is 1. The summed E-state index contributed by atoms with van der Waals surface area (Å²) in [5, 5.41) is 4.77. The van der Waals surface area contributed by atoms with Crippen LogP contribution in [0.25, 0.3) is 11.4 Å². The fraction of sp³-hybridized carbons (Fsp3) is 0.400. The minimum absolute atomic E-state index is 0.00497. The number of likely N-dealkylation sites (tertiary alicyclic amines) is 1. The number of rotatable bonds is 6. The van der Waals surface area contributed by atoms with Crippen molar-refractivity contribution in [2.24, 2.45) is 0 Å². The lowest BCUT2D eigenvalue weighted by Gasteiger charge is -2.36. The van der Waals surface area contributed by atoms with Gasteiger partial charge >= 0.3 is 0 Å². The maximum absolute atomic E-state index is 13.3. The zero-order valence-corrected chi connectivity index (χ0v) is 19.3. The molecule has 0 bridgehead atoms. The average Bonchev–Trinajstić information content (AvgIpc) is 3.50. The van der Waals surface area contributed by atoms with E-state index in [-0.39, 0.29) is 11.9 Å². The minimum Gasteiger partial charge on any atom is -0.339 e. The van der Waals surface area contributed by atoms with Gasteiger partial charge in [0, 0.05) is 43.3 Å². The summed E-state index contributed by atoms with van der Waals surface area (Å²) in [5.74, 6) is 1.42. The van der Waals surface area contributed by atoms with Crippen LogP contribution in [0, 0.1) is 0 Å². The van der Waals surface area contributed by atoms with Crippen LogP contribution in [0.4, 0.5) is 0 Å². The predicted octanol–water partition coefficient (Wildman–Crippen LogP) is 3.70. The largest absolute Gasteiger partial charge is 0.339 e. The zero-order valence-electron chi connectivity index (χ0n) is 18.6. The highest BCUT2D eigenvalue weighted by molar-refractivity contribution is 6.30. The Hall–Kier alpha value is -2.74. The molecule has 172 valence electrons. The van der Waals surface area contributed by atoms with Crippen molar-refractivity contribution in [3.05, 3.63) is 71.1 Å². The second-order valence-corrected chi connectivity index (χ2v) is 9.17. The number of hydrogen-bond donors (Lipinski definition) is 0. The second-order valence-electron chi connectivity index (χ2n) is 8.73. The number of piperazine rings is 1. The van der Waals surface area contributed by atoms with Crippen LogP contribution in [0.15, 0.2) is 59.1 Å². The van der Waals surface area contributed by atoms with E-state index in [0.29, 0.717) is 23.3 Å². The molecule has 1 atom stereocenters. The first-order chi connectivity index (χ1) is 16.2. The standard InChI is InChI=1S/C25H28ClN5O2/c26-21-10-8-20(9-11-21)24-27-23(33-28-24)18-29-13-15-30(16-14-29)25(32)22-7-4-12-31(22)17-19-5-2-1-3-6-19/h1-3,5-6,8-11,22H,4,7,12-18H2.